The lowest BCUT2D eigenvalue weighted by Gasteiger charge is -2.15. The average molecular weight is 1150 g/mol. The number of nitrogens with zero attached hydrogens (tertiary/aromatic N) is 2. The van der Waals surface area contributed by atoms with Crippen LogP contribution < -0.4 is 0 Å². The molecule has 0 aliphatic carbocycles. The molecule has 0 amide bonds. The van der Waals surface area contributed by atoms with Crippen LogP contribution in [0, 0.1) is 0 Å². The Balaban J connectivity index is 0.712. The fourth-order valence-corrected chi connectivity index (χ4v) is 16.4. The minimum Gasteiger partial charge on any atom is -0.309 e. The van der Waals surface area contributed by atoms with Crippen molar-refractivity contribution in [3.8, 4) is 89.3 Å². The van der Waals surface area contributed by atoms with Gasteiger partial charge in [0, 0.05) is 73.3 Å². The molecule has 0 unspecified atom stereocenters. The number of hydrogen-bond donors (Lipinski definition) is 0. The van der Waals surface area contributed by atoms with Gasteiger partial charge in [0.1, 0.15) is 0 Å². The third-order valence-corrected chi connectivity index (χ3v) is 20.5. The predicted octanol–water partition coefficient (Wildman–Crippen LogP) is 24.3. The molecule has 0 saturated heterocycles. The Kier molecular flexibility index (Phi) is 11.7. The van der Waals surface area contributed by atoms with E-state index < -0.39 is 0 Å². The van der Waals surface area contributed by atoms with Crippen molar-refractivity contribution in [2.45, 2.75) is 0 Å². The van der Waals surface area contributed by atoms with Gasteiger partial charge in [0.15, 0.2) is 0 Å². The SMILES string of the molecule is c1ccc(-c2ccc(-c3ccc(-n4c5ccccc5c5c6sc7c(-c8ccc(-c9cccc(-c%10cc(-c%11cccc(-c%12ccccc%12)c%11)cc(-n%11c%12ccccc%12c%12cc%13c(cc%12%11)sc%11ccccc%11%13)c%10)c9)cc8)cccc7c6ccc54)cc3)cc2)cc1. The zero-order chi connectivity index (χ0) is 57.8. The van der Waals surface area contributed by atoms with Gasteiger partial charge in [-0.2, -0.15) is 0 Å². The second-order valence-corrected chi connectivity index (χ2v) is 25.3. The average Bonchev–Trinajstić information content (AvgIpc) is 1.61. The first-order valence-electron chi connectivity index (χ1n) is 30.1. The van der Waals surface area contributed by atoms with Crippen LogP contribution in [0.2, 0.25) is 0 Å². The van der Waals surface area contributed by atoms with Crippen molar-refractivity contribution in [3.05, 3.63) is 315 Å². The molecule has 4 heteroatoms. The van der Waals surface area contributed by atoms with Crippen LogP contribution >= 0.6 is 22.7 Å². The Labute approximate surface area is 517 Å². The first-order valence-corrected chi connectivity index (χ1v) is 31.7. The predicted molar refractivity (Wildman–Crippen MR) is 379 cm³/mol. The van der Waals surface area contributed by atoms with E-state index in [2.05, 4.69) is 325 Å². The van der Waals surface area contributed by atoms with Crippen LogP contribution in [0.4, 0.5) is 0 Å². The topological polar surface area (TPSA) is 9.86 Å². The number of benzene rings is 14. The van der Waals surface area contributed by atoms with Crippen molar-refractivity contribution in [3.63, 3.8) is 0 Å². The Hall–Kier alpha value is -10.9. The minimum atomic E-state index is 1.13. The monoisotopic (exact) mass is 1150 g/mol. The van der Waals surface area contributed by atoms with Gasteiger partial charge in [-0.05, 0) is 157 Å². The molecule has 0 spiro atoms. The molecule has 2 nitrogen and oxygen atoms in total. The molecule has 18 rings (SSSR count). The van der Waals surface area contributed by atoms with Crippen molar-refractivity contribution < 1.29 is 0 Å². The maximum atomic E-state index is 2.50. The van der Waals surface area contributed by atoms with E-state index in [1.165, 1.54) is 156 Å². The van der Waals surface area contributed by atoms with Gasteiger partial charge in [-0.15, -0.1) is 22.7 Å². The molecule has 4 aromatic heterocycles. The van der Waals surface area contributed by atoms with Crippen molar-refractivity contribution in [1.82, 2.24) is 9.13 Å². The van der Waals surface area contributed by atoms with E-state index in [9.17, 15) is 0 Å². The second kappa shape index (κ2) is 20.4. The van der Waals surface area contributed by atoms with Crippen molar-refractivity contribution in [2.24, 2.45) is 0 Å². The van der Waals surface area contributed by atoms with Gasteiger partial charge in [-0.25, -0.2) is 0 Å². The van der Waals surface area contributed by atoms with Gasteiger partial charge >= 0.3 is 0 Å². The summed E-state index contributed by atoms with van der Waals surface area (Å²) in [5.74, 6) is 0. The van der Waals surface area contributed by atoms with Gasteiger partial charge in [-0.1, -0.05) is 237 Å². The molecule has 18 aromatic rings. The molecule has 4 heterocycles. The number of rotatable bonds is 9. The molecule has 0 N–H and O–H groups in total. The van der Waals surface area contributed by atoms with E-state index in [0.29, 0.717) is 0 Å². The maximum absolute atomic E-state index is 2.50. The quantitative estimate of drug-likeness (QED) is 0.136. The Morgan fingerprint density at radius 3 is 1.31 bits per heavy atom. The first kappa shape index (κ1) is 50.4. The third kappa shape index (κ3) is 8.29. The fourth-order valence-electron chi connectivity index (χ4n) is 13.9. The summed E-state index contributed by atoms with van der Waals surface area (Å²) in [5, 5.41) is 10.3. The van der Waals surface area contributed by atoms with Gasteiger partial charge < -0.3 is 9.13 Å². The van der Waals surface area contributed by atoms with Gasteiger partial charge in [-0.3, -0.25) is 0 Å². The van der Waals surface area contributed by atoms with E-state index in [4.69, 9.17) is 0 Å². The molecule has 0 atom stereocenters. The van der Waals surface area contributed by atoms with Crippen LogP contribution in [0.5, 0.6) is 0 Å². The summed E-state index contributed by atoms with van der Waals surface area (Å²) in [4.78, 5) is 0. The highest BCUT2D eigenvalue weighted by atomic mass is 32.1. The Morgan fingerprint density at radius 1 is 0.193 bits per heavy atom. The maximum Gasteiger partial charge on any atom is 0.0555 e. The lowest BCUT2D eigenvalue weighted by Crippen LogP contribution is -1.96. The van der Waals surface area contributed by atoms with Crippen LogP contribution in [-0.2, 0) is 0 Å². The van der Waals surface area contributed by atoms with Crippen molar-refractivity contribution in [2.75, 3.05) is 0 Å². The molecule has 410 valence electrons. The summed E-state index contributed by atoms with van der Waals surface area (Å²) in [7, 11) is 0. The number of fused-ring (bicyclic) bond motifs is 13. The highest BCUT2D eigenvalue weighted by molar-refractivity contribution is 7.27. The molecule has 0 aliphatic rings. The van der Waals surface area contributed by atoms with Crippen molar-refractivity contribution in [1.29, 1.82) is 0 Å². The van der Waals surface area contributed by atoms with Gasteiger partial charge in [0.05, 0.1) is 22.1 Å². The molecule has 14 aromatic carbocycles. The first-order chi connectivity index (χ1) is 43.6. The highest BCUT2D eigenvalue weighted by Crippen LogP contribution is 2.47. The van der Waals surface area contributed by atoms with E-state index >= 15 is 0 Å². The molecule has 0 aliphatic heterocycles. The number of hydrogen-bond acceptors (Lipinski definition) is 2. The van der Waals surface area contributed by atoms with E-state index in [0.717, 1.165) is 16.9 Å². The third-order valence-electron chi connectivity index (χ3n) is 18.1. The summed E-state index contributed by atoms with van der Waals surface area (Å²) in [5.41, 5.74) is 23.9. The molecular weight excluding hydrogens is 1100 g/mol. The van der Waals surface area contributed by atoms with Crippen LogP contribution in [0.1, 0.15) is 0 Å². The van der Waals surface area contributed by atoms with Gasteiger partial charge in [0.2, 0.25) is 0 Å². The highest BCUT2D eigenvalue weighted by Gasteiger charge is 2.21. The summed E-state index contributed by atoms with van der Waals surface area (Å²) < 4.78 is 10.2. The summed E-state index contributed by atoms with van der Waals surface area (Å²) in [6.07, 6.45) is 0. The molecule has 0 radical (unpaired) electrons. The largest absolute Gasteiger partial charge is 0.309 e. The zero-order valence-electron chi connectivity index (χ0n) is 47.7. The lowest BCUT2D eigenvalue weighted by molar-refractivity contribution is 1.18. The molecule has 0 bridgehead atoms. The van der Waals surface area contributed by atoms with Crippen LogP contribution in [0.25, 0.3) is 173 Å². The molecular formula is C84H52N2S2. The second-order valence-electron chi connectivity index (χ2n) is 23.2. The molecule has 0 fully saturated rings. The van der Waals surface area contributed by atoms with Crippen LogP contribution in [0.3, 0.4) is 0 Å². The normalized spacial score (nSPS) is 11.9. The van der Waals surface area contributed by atoms with Gasteiger partial charge in [0.25, 0.3) is 0 Å². The smallest absolute Gasteiger partial charge is 0.0555 e. The van der Waals surface area contributed by atoms with E-state index in [-0.39, 0.29) is 0 Å². The van der Waals surface area contributed by atoms with Crippen LogP contribution in [-0.4, -0.2) is 9.13 Å². The van der Waals surface area contributed by atoms with Crippen molar-refractivity contribution >= 4 is 107 Å². The minimum absolute atomic E-state index is 1.13. The number of para-hydroxylation sites is 2. The summed E-state index contributed by atoms with van der Waals surface area (Å²) in [6.45, 7) is 0. The molecule has 0 saturated carbocycles. The zero-order valence-corrected chi connectivity index (χ0v) is 49.4. The lowest BCUT2D eigenvalue weighted by atomic mass is 9.93. The Morgan fingerprint density at radius 2 is 0.648 bits per heavy atom. The van der Waals surface area contributed by atoms with E-state index in [1.54, 1.807) is 0 Å². The Bertz CT molecular complexity index is 5760. The number of aromatic nitrogens is 2. The standard InChI is InChI=1S/C84H52N2S2/c1-3-16-53(17-4-1)55-32-34-56(35-33-55)57-40-42-66(43-41-57)85-77-30-11-8-26-73(77)82-78(85)45-44-72-71-28-15-27-68(83(71)88-84(72)82)59-38-36-58(37-39-59)61-21-14-23-63(47-61)65-48-64(62-22-13-20-60(46-62)54-18-5-2-6-19-54)49-67(50-65)86-76-29-10-7-24-69(76)74-51-75-70-25-9-12-31-80(70)87-81(75)52-79(74)86/h1-52H. The fraction of sp³-hybridized carbons (Fsp3) is 0. The van der Waals surface area contributed by atoms with Crippen LogP contribution in [0.15, 0.2) is 315 Å². The van der Waals surface area contributed by atoms with E-state index in [1.807, 2.05) is 22.7 Å². The molecule has 88 heavy (non-hydrogen) atoms. The number of thiophene rings is 2. The summed E-state index contributed by atoms with van der Waals surface area (Å²) >= 11 is 3.80. The summed E-state index contributed by atoms with van der Waals surface area (Å²) in [6, 6.07) is 117.